The van der Waals surface area contributed by atoms with Crippen LogP contribution >= 0.6 is 0 Å². The second-order valence-electron chi connectivity index (χ2n) is 6.99. The number of nitrogens with zero attached hydrogens (tertiary/aromatic N) is 4. The Morgan fingerprint density at radius 2 is 1.70 bits per heavy atom. The summed E-state index contributed by atoms with van der Waals surface area (Å²) in [5.41, 5.74) is 2.28. The SMILES string of the molecule is CC(=O)N1CCN(c2cc(C(=O)Nc3ccc(C(C)C)cc3)ncn2)CC1. The number of rotatable bonds is 4. The zero-order valence-corrected chi connectivity index (χ0v) is 16.0. The molecule has 1 saturated heterocycles. The van der Waals surface area contributed by atoms with E-state index in [-0.39, 0.29) is 11.8 Å². The Hall–Kier alpha value is -2.96. The summed E-state index contributed by atoms with van der Waals surface area (Å²) < 4.78 is 0. The number of carbonyl (C=O) groups excluding carboxylic acids is 2. The number of piperazine rings is 1. The van der Waals surface area contributed by atoms with Gasteiger partial charge in [-0.05, 0) is 23.6 Å². The van der Waals surface area contributed by atoms with Gasteiger partial charge in [0, 0.05) is 44.9 Å². The Morgan fingerprint density at radius 3 is 2.30 bits per heavy atom. The first-order valence-corrected chi connectivity index (χ1v) is 9.18. The average Bonchev–Trinajstić information content (AvgIpc) is 2.68. The van der Waals surface area contributed by atoms with Crippen LogP contribution in [0.2, 0.25) is 0 Å². The van der Waals surface area contributed by atoms with E-state index in [0.29, 0.717) is 43.6 Å². The van der Waals surface area contributed by atoms with Crippen molar-refractivity contribution >= 4 is 23.3 Å². The molecule has 0 unspecified atom stereocenters. The van der Waals surface area contributed by atoms with E-state index in [1.807, 2.05) is 29.2 Å². The highest BCUT2D eigenvalue weighted by molar-refractivity contribution is 6.03. The van der Waals surface area contributed by atoms with Crippen LogP contribution in [0, 0.1) is 0 Å². The van der Waals surface area contributed by atoms with Crippen molar-refractivity contribution in [3.8, 4) is 0 Å². The fourth-order valence-electron chi connectivity index (χ4n) is 3.04. The minimum Gasteiger partial charge on any atom is -0.353 e. The summed E-state index contributed by atoms with van der Waals surface area (Å²) in [5.74, 6) is 0.968. The van der Waals surface area contributed by atoms with Crippen LogP contribution in [0.25, 0.3) is 0 Å². The molecule has 2 aromatic rings. The van der Waals surface area contributed by atoms with Crippen LogP contribution in [0.5, 0.6) is 0 Å². The Bertz CT molecular complexity index is 811. The number of amides is 2. The van der Waals surface area contributed by atoms with Gasteiger partial charge in [-0.25, -0.2) is 9.97 Å². The van der Waals surface area contributed by atoms with Gasteiger partial charge in [0.15, 0.2) is 0 Å². The first-order chi connectivity index (χ1) is 12.9. The van der Waals surface area contributed by atoms with Crippen LogP contribution in [0.15, 0.2) is 36.7 Å². The maximum Gasteiger partial charge on any atom is 0.274 e. The number of benzene rings is 1. The van der Waals surface area contributed by atoms with E-state index in [1.54, 1.807) is 13.0 Å². The second kappa shape index (κ2) is 8.16. The van der Waals surface area contributed by atoms with Gasteiger partial charge in [-0.3, -0.25) is 9.59 Å². The van der Waals surface area contributed by atoms with Crippen molar-refractivity contribution in [2.75, 3.05) is 36.4 Å². The van der Waals surface area contributed by atoms with Gasteiger partial charge < -0.3 is 15.1 Å². The third kappa shape index (κ3) is 4.61. The number of carbonyl (C=O) groups is 2. The molecular weight excluding hydrogens is 342 g/mol. The van der Waals surface area contributed by atoms with E-state index in [9.17, 15) is 9.59 Å². The molecule has 27 heavy (non-hydrogen) atoms. The smallest absolute Gasteiger partial charge is 0.274 e. The van der Waals surface area contributed by atoms with Gasteiger partial charge >= 0.3 is 0 Å². The van der Waals surface area contributed by atoms with Gasteiger partial charge in [0.05, 0.1) is 0 Å². The molecule has 0 spiro atoms. The predicted molar refractivity (Wildman–Crippen MR) is 105 cm³/mol. The zero-order valence-electron chi connectivity index (χ0n) is 16.0. The molecule has 1 aromatic carbocycles. The van der Waals surface area contributed by atoms with E-state index >= 15 is 0 Å². The van der Waals surface area contributed by atoms with Crippen LogP contribution in [0.3, 0.4) is 0 Å². The van der Waals surface area contributed by atoms with E-state index in [0.717, 1.165) is 5.69 Å². The molecule has 1 aromatic heterocycles. The molecule has 0 bridgehead atoms. The van der Waals surface area contributed by atoms with Gasteiger partial charge in [-0.2, -0.15) is 0 Å². The Morgan fingerprint density at radius 1 is 1.04 bits per heavy atom. The Labute approximate surface area is 159 Å². The summed E-state index contributed by atoms with van der Waals surface area (Å²) in [6.45, 7) is 8.53. The molecule has 3 rings (SSSR count). The Kier molecular flexibility index (Phi) is 5.69. The lowest BCUT2D eigenvalue weighted by molar-refractivity contribution is -0.129. The van der Waals surface area contributed by atoms with E-state index in [2.05, 4.69) is 34.0 Å². The summed E-state index contributed by atoms with van der Waals surface area (Å²) in [5, 5.41) is 2.88. The number of aromatic nitrogens is 2. The molecular formula is C20H25N5O2. The number of nitrogens with one attached hydrogen (secondary N) is 1. The van der Waals surface area contributed by atoms with Gasteiger partial charge in [0.25, 0.3) is 5.91 Å². The topological polar surface area (TPSA) is 78.4 Å². The second-order valence-corrected chi connectivity index (χ2v) is 6.99. The van der Waals surface area contributed by atoms with Gasteiger partial charge in [-0.15, -0.1) is 0 Å². The highest BCUT2D eigenvalue weighted by atomic mass is 16.2. The van der Waals surface area contributed by atoms with E-state index in [1.165, 1.54) is 11.9 Å². The van der Waals surface area contributed by atoms with E-state index in [4.69, 9.17) is 0 Å². The molecule has 1 N–H and O–H groups in total. The molecule has 7 heteroatoms. The molecule has 1 aliphatic rings. The lowest BCUT2D eigenvalue weighted by atomic mass is 10.0. The van der Waals surface area contributed by atoms with Gasteiger partial charge in [-0.1, -0.05) is 26.0 Å². The number of anilines is 2. The lowest BCUT2D eigenvalue weighted by Gasteiger charge is -2.34. The van der Waals surface area contributed by atoms with E-state index < -0.39 is 0 Å². The normalized spacial score (nSPS) is 14.4. The third-order valence-electron chi connectivity index (χ3n) is 4.77. The summed E-state index contributed by atoms with van der Waals surface area (Å²) in [6, 6.07) is 9.52. The molecule has 1 aliphatic heterocycles. The number of hydrogen-bond donors (Lipinski definition) is 1. The van der Waals surface area contributed by atoms with Crippen molar-refractivity contribution in [3.05, 3.63) is 47.9 Å². The molecule has 7 nitrogen and oxygen atoms in total. The van der Waals surface area contributed by atoms with Crippen molar-refractivity contribution in [1.82, 2.24) is 14.9 Å². The standard InChI is InChI=1S/C20H25N5O2/c1-14(2)16-4-6-17(7-5-16)23-20(27)18-12-19(22-13-21-18)25-10-8-24(9-11-25)15(3)26/h4-7,12-14H,8-11H2,1-3H3,(H,23,27). The summed E-state index contributed by atoms with van der Waals surface area (Å²) >= 11 is 0. The predicted octanol–water partition coefficient (Wildman–Crippen LogP) is 2.52. The molecule has 2 amide bonds. The fraction of sp³-hybridized carbons (Fsp3) is 0.400. The molecule has 142 valence electrons. The van der Waals surface area contributed by atoms with Crippen LogP contribution in [0.4, 0.5) is 11.5 Å². The molecule has 0 aliphatic carbocycles. The molecule has 0 radical (unpaired) electrons. The lowest BCUT2D eigenvalue weighted by Crippen LogP contribution is -2.48. The number of hydrogen-bond acceptors (Lipinski definition) is 5. The fourth-order valence-corrected chi connectivity index (χ4v) is 3.04. The highest BCUT2D eigenvalue weighted by Crippen LogP contribution is 2.18. The molecule has 1 fully saturated rings. The van der Waals surface area contributed by atoms with Crippen molar-refractivity contribution in [3.63, 3.8) is 0 Å². The summed E-state index contributed by atoms with van der Waals surface area (Å²) in [7, 11) is 0. The minimum absolute atomic E-state index is 0.0842. The quantitative estimate of drug-likeness (QED) is 0.898. The van der Waals surface area contributed by atoms with Crippen LogP contribution < -0.4 is 10.2 Å². The van der Waals surface area contributed by atoms with Crippen LogP contribution in [-0.2, 0) is 4.79 Å². The maximum atomic E-state index is 12.5. The maximum absolute atomic E-state index is 12.5. The Balaban J connectivity index is 1.66. The van der Waals surface area contributed by atoms with Crippen LogP contribution in [0.1, 0.15) is 42.7 Å². The largest absolute Gasteiger partial charge is 0.353 e. The zero-order chi connectivity index (χ0) is 19.4. The van der Waals surface area contributed by atoms with Gasteiger partial charge in [0.1, 0.15) is 17.8 Å². The molecule has 0 saturated carbocycles. The molecule has 2 heterocycles. The molecule has 0 atom stereocenters. The minimum atomic E-state index is -0.265. The summed E-state index contributed by atoms with van der Waals surface area (Å²) in [4.78, 5) is 36.2. The van der Waals surface area contributed by atoms with Crippen molar-refractivity contribution in [2.24, 2.45) is 0 Å². The van der Waals surface area contributed by atoms with Crippen molar-refractivity contribution in [2.45, 2.75) is 26.7 Å². The monoisotopic (exact) mass is 367 g/mol. The van der Waals surface area contributed by atoms with Crippen molar-refractivity contribution in [1.29, 1.82) is 0 Å². The first kappa shape index (κ1) is 18.8. The first-order valence-electron chi connectivity index (χ1n) is 9.18. The third-order valence-corrected chi connectivity index (χ3v) is 4.77. The highest BCUT2D eigenvalue weighted by Gasteiger charge is 2.20. The average molecular weight is 367 g/mol. The van der Waals surface area contributed by atoms with Crippen molar-refractivity contribution < 1.29 is 9.59 Å². The van der Waals surface area contributed by atoms with Gasteiger partial charge in [0.2, 0.25) is 5.91 Å². The summed E-state index contributed by atoms with van der Waals surface area (Å²) in [6.07, 6.45) is 1.41. The van der Waals surface area contributed by atoms with Crippen LogP contribution in [-0.4, -0.2) is 52.9 Å².